The predicted octanol–water partition coefficient (Wildman–Crippen LogP) is 4.63. The number of carbonyl (C=O) groups excluding carboxylic acids is 1. The van der Waals surface area contributed by atoms with Gasteiger partial charge in [0.15, 0.2) is 23.3 Å². The van der Waals surface area contributed by atoms with E-state index in [1.807, 2.05) is 0 Å². The third-order valence-corrected chi connectivity index (χ3v) is 3.40. The van der Waals surface area contributed by atoms with Crippen molar-refractivity contribution in [2.45, 2.75) is 0 Å². The molecule has 2 N–H and O–H groups in total. The van der Waals surface area contributed by atoms with E-state index in [4.69, 9.17) is 0 Å². The number of carbonyl (C=O) groups is 1. The molecular weight excluding hydrogens is 350 g/mol. The molecule has 4 nitrogen and oxygen atoms in total. The van der Waals surface area contributed by atoms with Gasteiger partial charge in [-0.3, -0.25) is 4.79 Å². The zero-order valence-electron chi connectivity index (χ0n) is 13.1. The van der Waals surface area contributed by atoms with Crippen LogP contribution in [0.5, 0.6) is 0 Å². The Hall–Kier alpha value is -3.42. The first-order valence-electron chi connectivity index (χ1n) is 7.37. The summed E-state index contributed by atoms with van der Waals surface area (Å²) in [7, 11) is 0. The molecule has 0 atom stereocenters. The first kappa shape index (κ1) is 17.4. The predicted molar refractivity (Wildman–Crippen MR) is 88.2 cm³/mol. The summed E-state index contributed by atoms with van der Waals surface area (Å²) in [6.45, 7) is 0. The van der Waals surface area contributed by atoms with Crippen molar-refractivity contribution in [2.24, 2.45) is 0 Å². The Morgan fingerprint density at radius 1 is 0.769 bits per heavy atom. The van der Waals surface area contributed by atoms with E-state index in [9.17, 15) is 22.4 Å². The summed E-state index contributed by atoms with van der Waals surface area (Å²) in [6, 6.07) is 9.12. The van der Waals surface area contributed by atoms with Crippen LogP contribution in [0.2, 0.25) is 0 Å². The van der Waals surface area contributed by atoms with Gasteiger partial charge >= 0.3 is 0 Å². The summed E-state index contributed by atoms with van der Waals surface area (Å²) in [5.41, 5.74) is 0.568. The summed E-state index contributed by atoms with van der Waals surface area (Å²) in [4.78, 5) is 16.0. The molecule has 1 heterocycles. The molecule has 0 saturated heterocycles. The minimum absolute atomic E-state index is 0.0483. The SMILES string of the molecule is O=C(Nc1ccc(Nc2ccc(F)c(F)c2)nc1)c1ccc(F)c(F)c1. The van der Waals surface area contributed by atoms with Crippen molar-refractivity contribution in [2.75, 3.05) is 10.6 Å². The van der Waals surface area contributed by atoms with E-state index in [2.05, 4.69) is 15.6 Å². The van der Waals surface area contributed by atoms with Gasteiger partial charge in [0.05, 0.1) is 11.9 Å². The molecule has 3 aromatic rings. The quantitative estimate of drug-likeness (QED) is 0.666. The zero-order valence-corrected chi connectivity index (χ0v) is 13.1. The van der Waals surface area contributed by atoms with Crippen molar-refractivity contribution in [3.05, 3.63) is 83.6 Å². The number of rotatable bonds is 4. The summed E-state index contributed by atoms with van der Waals surface area (Å²) in [6.07, 6.45) is 1.32. The molecule has 0 unspecified atom stereocenters. The molecule has 0 saturated carbocycles. The van der Waals surface area contributed by atoms with Crippen LogP contribution in [0.25, 0.3) is 0 Å². The van der Waals surface area contributed by atoms with Crippen LogP contribution in [-0.4, -0.2) is 10.9 Å². The van der Waals surface area contributed by atoms with Gasteiger partial charge in [-0.15, -0.1) is 0 Å². The van der Waals surface area contributed by atoms with Crippen molar-refractivity contribution >= 4 is 23.1 Å². The molecular formula is C18H11F4N3O. The molecule has 3 rings (SSSR count). The van der Waals surface area contributed by atoms with Crippen molar-refractivity contribution in [3.63, 3.8) is 0 Å². The molecule has 0 aliphatic rings. The Morgan fingerprint density at radius 3 is 2.04 bits per heavy atom. The third kappa shape index (κ3) is 3.97. The molecule has 0 fully saturated rings. The Morgan fingerprint density at radius 2 is 1.42 bits per heavy atom. The standard InChI is InChI=1S/C18H11F4N3O/c19-13-4-1-10(7-15(13)21)18(26)25-12-3-6-17(23-9-12)24-11-2-5-14(20)16(22)8-11/h1-9H,(H,23,24)(H,25,26). The van der Waals surface area contributed by atoms with Gasteiger partial charge in [-0.1, -0.05) is 0 Å². The average molecular weight is 361 g/mol. The second kappa shape index (κ2) is 7.22. The number of hydrogen-bond acceptors (Lipinski definition) is 3. The highest BCUT2D eigenvalue weighted by atomic mass is 19.2. The molecule has 0 aliphatic carbocycles. The summed E-state index contributed by atoms with van der Waals surface area (Å²) < 4.78 is 52.1. The fourth-order valence-electron chi connectivity index (χ4n) is 2.10. The molecule has 1 aromatic heterocycles. The van der Waals surface area contributed by atoms with E-state index >= 15 is 0 Å². The minimum Gasteiger partial charge on any atom is -0.340 e. The zero-order chi connectivity index (χ0) is 18.7. The van der Waals surface area contributed by atoms with Crippen LogP contribution in [0, 0.1) is 23.3 Å². The van der Waals surface area contributed by atoms with Crippen LogP contribution in [0.15, 0.2) is 54.7 Å². The van der Waals surface area contributed by atoms with Crippen LogP contribution < -0.4 is 10.6 Å². The molecule has 132 valence electrons. The smallest absolute Gasteiger partial charge is 0.255 e. The maximum absolute atomic E-state index is 13.2. The van der Waals surface area contributed by atoms with E-state index in [-0.39, 0.29) is 5.56 Å². The number of halogens is 4. The van der Waals surface area contributed by atoms with Gasteiger partial charge < -0.3 is 10.6 Å². The van der Waals surface area contributed by atoms with Crippen molar-refractivity contribution in [1.82, 2.24) is 4.98 Å². The monoisotopic (exact) mass is 361 g/mol. The van der Waals surface area contributed by atoms with Crippen molar-refractivity contribution < 1.29 is 22.4 Å². The first-order valence-corrected chi connectivity index (χ1v) is 7.37. The summed E-state index contributed by atoms with van der Waals surface area (Å²) in [5.74, 6) is -4.42. The third-order valence-electron chi connectivity index (χ3n) is 3.40. The second-order valence-corrected chi connectivity index (χ2v) is 5.27. The van der Waals surface area contributed by atoms with E-state index in [1.54, 1.807) is 0 Å². The fourth-order valence-corrected chi connectivity index (χ4v) is 2.10. The number of hydrogen-bond donors (Lipinski definition) is 2. The number of aromatic nitrogens is 1. The largest absolute Gasteiger partial charge is 0.340 e. The molecule has 8 heteroatoms. The lowest BCUT2D eigenvalue weighted by Gasteiger charge is -2.08. The maximum Gasteiger partial charge on any atom is 0.255 e. The van der Waals surface area contributed by atoms with Gasteiger partial charge in [-0.2, -0.15) is 0 Å². The number of pyridine rings is 1. The van der Waals surface area contributed by atoms with E-state index < -0.39 is 29.2 Å². The van der Waals surface area contributed by atoms with Crippen LogP contribution in [0.3, 0.4) is 0 Å². The Bertz CT molecular complexity index is 961. The lowest BCUT2D eigenvalue weighted by Crippen LogP contribution is -2.12. The van der Waals surface area contributed by atoms with E-state index in [0.717, 1.165) is 30.3 Å². The van der Waals surface area contributed by atoms with Gasteiger partial charge in [-0.05, 0) is 42.5 Å². The number of nitrogens with zero attached hydrogens (tertiary/aromatic N) is 1. The normalized spacial score (nSPS) is 10.5. The lowest BCUT2D eigenvalue weighted by molar-refractivity contribution is 0.102. The number of nitrogens with one attached hydrogen (secondary N) is 2. The highest BCUT2D eigenvalue weighted by molar-refractivity contribution is 6.04. The van der Waals surface area contributed by atoms with Gasteiger partial charge in [0, 0.05) is 17.3 Å². The Balaban J connectivity index is 1.68. The molecule has 0 aliphatic heterocycles. The maximum atomic E-state index is 13.2. The highest BCUT2D eigenvalue weighted by Gasteiger charge is 2.10. The summed E-state index contributed by atoms with van der Waals surface area (Å²) >= 11 is 0. The van der Waals surface area contributed by atoms with Gasteiger partial charge in [0.1, 0.15) is 5.82 Å². The van der Waals surface area contributed by atoms with E-state index in [1.165, 1.54) is 24.4 Å². The first-order chi connectivity index (χ1) is 12.4. The molecule has 2 aromatic carbocycles. The van der Waals surface area contributed by atoms with Crippen LogP contribution in [0.4, 0.5) is 34.8 Å². The number of amides is 1. The van der Waals surface area contributed by atoms with Crippen LogP contribution in [0.1, 0.15) is 10.4 Å². The van der Waals surface area contributed by atoms with Crippen molar-refractivity contribution in [3.8, 4) is 0 Å². The van der Waals surface area contributed by atoms with Crippen LogP contribution in [-0.2, 0) is 0 Å². The second-order valence-electron chi connectivity index (χ2n) is 5.27. The Labute approximate surface area is 145 Å². The molecule has 0 bridgehead atoms. The van der Waals surface area contributed by atoms with Crippen LogP contribution >= 0.6 is 0 Å². The molecule has 26 heavy (non-hydrogen) atoms. The fraction of sp³-hybridized carbons (Fsp3) is 0. The molecule has 0 radical (unpaired) electrons. The van der Waals surface area contributed by atoms with Gasteiger partial charge in [0.2, 0.25) is 0 Å². The molecule has 0 spiro atoms. The Kier molecular flexibility index (Phi) is 4.83. The molecule has 1 amide bonds. The summed E-state index contributed by atoms with van der Waals surface area (Å²) in [5, 5.41) is 5.26. The van der Waals surface area contributed by atoms with Gasteiger partial charge in [0.25, 0.3) is 5.91 Å². The topological polar surface area (TPSA) is 54.0 Å². The van der Waals surface area contributed by atoms with E-state index in [0.29, 0.717) is 17.2 Å². The average Bonchev–Trinajstić information content (AvgIpc) is 2.62. The van der Waals surface area contributed by atoms with Crippen molar-refractivity contribution in [1.29, 1.82) is 0 Å². The number of anilines is 3. The van der Waals surface area contributed by atoms with Gasteiger partial charge in [-0.25, -0.2) is 22.5 Å². The minimum atomic E-state index is -1.12. The lowest BCUT2D eigenvalue weighted by atomic mass is 10.2. The number of benzene rings is 2. The highest BCUT2D eigenvalue weighted by Crippen LogP contribution is 2.19.